The van der Waals surface area contributed by atoms with Crippen LogP contribution in [-0.2, 0) is 0 Å². The summed E-state index contributed by atoms with van der Waals surface area (Å²) in [6, 6.07) is 8.02. The van der Waals surface area contributed by atoms with Crippen LogP contribution in [0.5, 0.6) is 0 Å². The van der Waals surface area contributed by atoms with Crippen molar-refractivity contribution in [2.45, 2.75) is 45.6 Å². The third-order valence-corrected chi connectivity index (χ3v) is 5.18. The van der Waals surface area contributed by atoms with E-state index >= 15 is 0 Å². The molecule has 1 aromatic carbocycles. The van der Waals surface area contributed by atoms with E-state index in [0.29, 0.717) is 5.41 Å². The summed E-state index contributed by atoms with van der Waals surface area (Å²) in [4.78, 5) is 2.56. The average molecular weight is 295 g/mol. The van der Waals surface area contributed by atoms with E-state index in [-0.39, 0.29) is 6.04 Å². The summed E-state index contributed by atoms with van der Waals surface area (Å²) in [6.07, 6.45) is 4.93. The van der Waals surface area contributed by atoms with E-state index in [9.17, 15) is 0 Å². The van der Waals surface area contributed by atoms with Gasteiger partial charge >= 0.3 is 0 Å². The largest absolute Gasteiger partial charge is 0.324 e. The summed E-state index contributed by atoms with van der Waals surface area (Å²) in [5.41, 5.74) is 7.98. The minimum atomic E-state index is 0.0909. The Labute approximate surface area is 128 Å². The fourth-order valence-electron chi connectivity index (χ4n) is 2.90. The fourth-order valence-corrected chi connectivity index (χ4v) is 3.09. The van der Waals surface area contributed by atoms with Gasteiger partial charge in [-0.25, -0.2) is 0 Å². The number of piperidine rings is 1. The molecule has 0 saturated carbocycles. The Morgan fingerprint density at radius 3 is 2.65 bits per heavy atom. The van der Waals surface area contributed by atoms with Crippen molar-refractivity contribution < 1.29 is 0 Å². The third kappa shape index (κ3) is 4.21. The van der Waals surface area contributed by atoms with Crippen molar-refractivity contribution in [2.24, 2.45) is 11.1 Å². The molecule has 0 spiro atoms. The molecule has 0 bridgehead atoms. The molecule has 0 amide bonds. The van der Waals surface area contributed by atoms with Gasteiger partial charge in [-0.1, -0.05) is 44.0 Å². The number of hydrogen-bond acceptors (Lipinski definition) is 2. The lowest BCUT2D eigenvalue weighted by atomic mass is 9.78. The van der Waals surface area contributed by atoms with Crippen LogP contribution in [0.1, 0.15) is 51.1 Å². The van der Waals surface area contributed by atoms with Crippen LogP contribution in [0.3, 0.4) is 0 Å². The van der Waals surface area contributed by atoms with Gasteiger partial charge in [0.05, 0.1) is 0 Å². The van der Waals surface area contributed by atoms with Crippen LogP contribution in [0.25, 0.3) is 0 Å². The van der Waals surface area contributed by atoms with Crippen LogP contribution in [0.4, 0.5) is 0 Å². The van der Waals surface area contributed by atoms with Crippen molar-refractivity contribution in [1.82, 2.24) is 4.90 Å². The van der Waals surface area contributed by atoms with Crippen LogP contribution < -0.4 is 5.73 Å². The second kappa shape index (κ2) is 6.93. The lowest BCUT2D eigenvalue weighted by Crippen LogP contribution is -2.39. The molecule has 20 heavy (non-hydrogen) atoms. The Hall–Kier alpha value is -0.570. The van der Waals surface area contributed by atoms with Gasteiger partial charge in [-0.05, 0) is 62.0 Å². The summed E-state index contributed by atoms with van der Waals surface area (Å²) in [6.45, 7) is 8.25. The minimum Gasteiger partial charge on any atom is -0.324 e. The van der Waals surface area contributed by atoms with E-state index in [1.54, 1.807) is 0 Å². The second-order valence-corrected chi connectivity index (χ2v) is 6.89. The second-order valence-electron chi connectivity index (χ2n) is 6.46. The maximum absolute atomic E-state index is 6.28. The number of nitrogens with zero attached hydrogens (tertiary/aromatic N) is 1. The number of halogens is 1. The van der Waals surface area contributed by atoms with Gasteiger partial charge in [0.15, 0.2) is 0 Å². The summed E-state index contributed by atoms with van der Waals surface area (Å²) in [5.74, 6) is 0. The minimum absolute atomic E-state index is 0.0909. The Bertz CT molecular complexity index is 425. The summed E-state index contributed by atoms with van der Waals surface area (Å²) < 4.78 is 0. The van der Waals surface area contributed by atoms with E-state index < -0.39 is 0 Å². The van der Waals surface area contributed by atoms with Crippen LogP contribution >= 0.6 is 11.6 Å². The van der Waals surface area contributed by atoms with Crippen molar-refractivity contribution in [3.8, 4) is 0 Å². The lowest BCUT2D eigenvalue weighted by molar-refractivity contribution is 0.112. The first kappa shape index (κ1) is 15.8. The van der Waals surface area contributed by atoms with E-state index in [1.165, 1.54) is 32.4 Å². The zero-order chi connectivity index (χ0) is 14.6. The summed E-state index contributed by atoms with van der Waals surface area (Å²) in [7, 11) is 0. The molecule has 1 fully saturated rings. The number of benzene rings is 1. The highest BCUT2D eigenvalue weighted by molar-refractivity contribution is 6.30. The first-order chi connectivity index (χ1) is 9.52. The number of nitrogens with two attached hydrogens (primary N) is 1. The average Bonchev–Trinajstić information content (AvgIpc) is 2.46. The number of hydrogen-bond donors (Lipinski definition) is 1. The zero-order valence-corrected chi connectivity index (χ0v) is 13.5. The van der Waals surface area contributed by atoms with Crippen molar-refractivity contribution >= 4 is 11.6 Å². The zero-order valence-electron chi connectivity index (χ0n) is 12.7. The molecule has 1 saturated heterocycles. The van der Waals surface area contributed by atoms with E-state index in [1.807, 2.05) is 18.2 Å². The Morgan fingerprint density at radius 2 is 2.05 bits per heavy atom. The maximum atomic E-state index is 6.28. The molecule has 0 radical (unpaired) electrons. The first-order valence-electron chi connectivity index (χ1n) is 7.76. The first-order valence-corrected chi connectivity index (χ1v) is 8.14. The molecule has 0 aliphatic carbocycles. The molecule has 2 rings (SSSR count). The van der Waals surface area contributed by atoms with Gasteiger partial charge in [0.1, 0.15) is 0 Å². The standard InChI is InChI=1S/C17H27ClN2/c1-3-17(2)8-11-20(12-9-17)10-7-16(19)14-5-4-6-15(18)13-14/h4-6,13,16H,3,7-12,19H2,1-2H3. The molecule has 1 atom stereocenters. The van der Waals surface area contributed by atoms with Crippen molar-refractivity contribution in [3.63, 3.8) is 0 Å². The third-order valence-electron chi connectivity index (χ3n) is 4.95. The lowest BCUT2D eigenvalue weighted by Gasteiger charge is -2.39. The number of rotatable bonds is 5. The molecule has 1 aromatic rings. The van der Waals surface area contributed by atoms with Gasteiger partial charge in [-0.2, -0.15) is 0 Å². The van der Waals surface area contributed by atoms with Crippen LogP contribution in [0.2, 0.25) is 5.02 Å². The Kier molecular flexibility index (Phi) is 5.48. The number of likely N-dealkylation sites (tertiary alicyclic amines) is 1. The molecule has 1 heterocycles. The fraction of sp³-hybridized carbons (Fsp3) is 0.647. The highest BCUT2D eigenvalue weighted by Crippen LogP contribution is 2.34. The van der Waals surface area contributed by atoms with E-state index in [2.05, 4.69) is 24.8 Å². The molecule has 1 aliphatic heterocycles. The monoisotopic (exact) mass is 294 g/mol. The van der Waals surface area contributed by atoms with Crippen LogP contribution in [0, 0.1) is 5.41 Å². The molecule has 1 unspecified atom stereocenters. The van der Waals surface area contributed by atoms with Crippen molar-refractivity contribution in [1.29, 1.82) is 0 Å². The van der Waals surface area contributed by atoms with Crippen molar-refractivity contribution in [3.05, 3.63) is 34.9 Å². The van der Waals surface area contributed by atoms with Crippen LogP contribution in [0.15, 0.2) is 24.3 Å². The highest BCUT2D eigenvalue weighted by atomic mass is 35.5. The van der Waals surface area contributed by atoms with Gasteiger partial charge in [0, 0.05) is 11.1 Å². The molecule has 1 aliphatic rings. The van der Waals surface area contributed by atoms with Gasteiger partial charge in [0.25, 0.3) is 0 Å². The quantitative estimate of drug-likeness (QED) is 0.880. The molecule has 2 nitrogen and oxygen atoms in total. The highest BCUT2D eigenvalue weighted by Gasteiger charge is 2.28. The SMILES string of the molecule is CCC1(C)CCN(CCC(N)c2cccc(Cl)c2)CC1. The Morgan fingerprint density at radius 1 is 1.35 bits per heavy atom. The van der Waals surface area contributed by atoms with Gasteiger partial charge in [-0.15, -0.1) is 0 Å². The predicted molar refractivity (Wildman–Crippen MR) is 87.1 cm³/mol. The molecular formula is C17H27ClN2. The smallest absolute Gasteiger partial charge is 0.0409 e. The topological polar surface area (TPSA) is 29.3 Å². The molecular weight excluding hydrogens is 268 g/mol. The summed E-state index contributed by atoms with van der Waals surface area (Å²) >= 11 is 6.02. The Balaban J connectivity index is 1.79. The van der Waals surface area contributed by atoms with Gasteiger partial charge in [-0.3, -0.25) is 0 Å². The van der Waals surface area contributed by atoms with Gasteiger partial charge in [0.2, 0.25) is 0 Å². The van der Waals surface area contributed by atoms with Crippen molar-refractivity contribution in [2.75, 3.05) is 19.6 Å². The van der Waals surface area contributed by atoms with E-state index in [0.717, 1.165) is 23.6 Å². The van der Waals surface area contributed by atoms with E-state index in [4.69, 9.17) is 17.3 Å². The normalized spacial score (nSPS) is 20.8. The molecule has 112 valence electrons. The van der Waals surface area contributed by atoms with Crippen LogP contribution in [-0.4, -0.2) is 24.5 Å². The molecule has 3 heteroatoms. The maximum Gasteiger partial charge on any atom is 0.0409 e. The van der Waals surface area contributed by atoms with Gasteiger partial charge < -0.3 is 10.6 Å². The molecule has 2 N–H and O–H groups in total. The predicted octanol–water partition coefficient (Wildman–Crippen LogP) is 4.24. The molecule has 0 aromatic heterocycles. The summed E-state index contributed by atoms with van der Waals surface area (Å²) in [5, 5.41) is 0.773.